The molecule has 1 aromatic carbocycles. The maximum atomic E-state index is 12.3. The summed E-state index contributed by atoms with van der Waals surface area (Å²) in [6.07, 6.45) is 0.991. The number of halogens is 1. The van der Waals surface area contributed by atoms with Crippen LogP contribution in [0.15, 0.2) is 34.4 Å². The molecule has 0 N–H and O–H groups in total. The minimum absolute atomic E-state index is 0.0191. The van der Waals surface area contributed by atoms with Crippen molar-refractivity contribution in [3.05, 3.63) is 34.5 Å². The van der Waals surface area contributed by atoms with Gasteiger partial charge in [0.15, 0.2) is 9.84 Å². The first-order valence-corrected chi connectivity index (χ1v) is 9.23. The number of rotatable bonds is 4. The van der Waals surface area contributed by atoms with Gasteiger partial charge in [0.25, 0.3) is 0 Å². The number of ether oxygens (including phenoxy) is 3. The largest absolute Gasteiger partial charge is 0.466 e. The van der Waals surface area contributed by atoms with Crippen LogP contribution in [0.1, 0.15) is 0 Å². The lowest BCUT2D eigenvalue weighted by Crippen LogP contribution is -2.39. The smallest absolute Gasteiger partial charge is 0.355 e. The number of esters is 2. The topological polar surface area (TPSA) is 99.2 Å². The first kappa shape index (κ1) is 19.2. The summed E-state index contributed by atoms with van der Waals surface area (Å²) in [4.78, 5) is 25.3. The molecule has 0 aromatic heterocycles. The molecular weight excluding hydrogens is 374 g/mol. The number of hydrogen-bond acceptors (Lipinski definition) is 8. The molecule has 136 valence electrons. The zero-order valence-corrected chi connectivity index (χ0v) is 15.3. The summed E-state index contributed by atoms with van der Waals surface area (Å²) in [7, 11) is -1.43. The molecule has 0 spiro atoms. The predicted octanol–water partition coefficient (Wildman–Crippen LogP) is 1.14. The zero-order chi connectivity index (χ0) is 18.8. The minimum Gasteiger partial charge on any atom is -0.466 e. The van der Waals surface area contributed by atoms with Crippen molar-refractivity contribution in [1.82, 2.24) is 0 Å². The van der Waals surface area contributed by atoms with Gasteiger partial charge in [0, 0.05) is 6.26 Å². The molecular formula is C15H16ClNO7S. The van der Waals surface area contributed by atoms with E-state index in [1.54, 1.807) is 0 Å². The number of hydrogen-bond donors (Lipinski definition) is 0. The molecule has 0 aliphatic carbocycles. The van der Waals surface area contributed by atoms with E-state index in [4.69, 9.17) is 21.1 Å². The van der Waals surface area contributed by atoms with Crippen molar-refractivity contribution in [1.29, 1.82) is 0 Å². The Morgan fingerprint density at radius 1 is 1.20 bits per heavy atom. The third-order valence-corrected chi connectivity index (χ3v) is 5.04. The highest BCUT2D eigenvalue weighted by molar-refractivity contribution is 7.91. The Hall–Kier alpha value is -2.10. The second-order valence-electron chi connectivity index (χ2n) is 5.08. The molecule has 2 rings (SSSR count). The first-order chi connectivity index (χ1) is 11.7. The molecule has 8 nitrogen and oxygen atoms in total. The third kappa shape index (κ3) is 3.78. The van der Waals surface area contributed by atoms with Crippen LogP contribution in [0, 0.1) is 0 Å². The highest BCUT2D eigenvalue weighted by Gasteiger charge is 2.35. The summed E-state index contributed by atoms with van der Waals surface area (Å²) in [5.74, 6) is -1.61. The van der Waals surface area contributed by atoms with Crippen molar-refractivity contribution in [3.63, 3.8) is 0 Å². The molecule has 0 radical (unpaired) electrons. The van der Waals surface area contributed by atoms with E-state index < -0.39 is 21.8 Å². The zero-order valence-electron chi connectivity index (χ0n) is 13.7. The lowest BCUT2D eigenvalue weighted by Gasteiger charge is -2.32. The molecule has 0 unspecified atom stereocenters. The number of carbonyl (C=O) groups is 2. The molecule has 0 fully saturated rings. The summed E-state index contributed by atoms with van der Waals surface area (Å²) in [5, 5.41) is -0.0191. The molecule has 1 aliphatic heterocycles. The molecule has 0 bridgehead atoms. The Balaban J connectivity index is 2.76. The van der Waals surface area contributed by atoms with Crippen molar-refractivity contribution in [3.8, 4) is 0 Å². The lowest BCUT2D eigenvalue weighted by molar-refractivity contribution is -0.140. The fourth-order valence-electron chi connectivity index (χ4n) is 2.41. The Morgan fingerprint density at radius 3 is 2.40 bits per heavy atom. The van der Waals surface area contributed by atoms with E-state index >= 15 is 0 Å². The van der Waals surface area contributed by atoms with E-state index in [1.807, 2.05) is 0 Å². The number of nitrogens with zero attached hydrogens (tertiary/aromatic N) is 1. The highest BCUT2D eigenvalue weighted by Crippen LogP contribution is 2.36. The first-order valence-electron chi connectivity index (χ1n) is 6.96. The number of sulfone groups is 1. The van der Waals surface area contributed by atoms with E-state index in [0.717, 1.165) is 20.5 Å². The summed E-state index contributed by atoms with van der Waals surface area (Å²) in [5.41, 5.74) is -0.149. The number of methoxy groups -OCH3 is 2. The third-order valence-electron chi connectivity index (χ3n) is 3.44. The Morgan fingerprint density at radius 2 is 1.84 bits per heavy atom. The molecule has 1 aliphatic rings. The van der Waals surface area contributed by atoms with Crippen LogP contribution in [0.5, 0.6) is 0 Å². The molecule has 1 aromatic rings. The van der Waals surface area contributed by atoms with Crippen LogP contribution in [0.3, 0.4) is 0 Å². The summed E-state index contributed by atoms with van der Waals surface area (Å²) >= 11 is 6.05. The van der Waals surface area contributed by atoms with Crippen LogP contribution in [-0.4, -0.2) is 54.2 Å². The van der Waals surface area contributed by atoms with Gasteiger partial charge in [-0.05, 0) is 12.1 Å². The molecule has 25 heavy (non-hydrogen) atoms. The van der Waals surface area contributed by atoms with Gasteiger partial charge in [0.2, 0.25) is 0 Å². The van der Waals surface area contributed by atoms with Crippen molar-refractivity contribution in [2.75, 3.05) is 38.7 Å². The van der Waals surface area contributed by atoms with Gasteiger partial charge in [0.05, 0.1) is 37.1 Å². The lowest BCUT2D eigenvalue weighted by atomic mass is 10.1. The van der Waals surface area contributed by atoms with Crippen molar-refractivity contribution < 1.29 is 32.2 Å². The van der Waals surface area contributed by atoms with Gasteiger partial charge in [-0.2, -0.15) is 0 Å². The minimum atomic E-state index is -3.73. The van der Waals surface area contributed by atoms with Gasteiger partial charge >= 0.3 is 11.9 Å². The fraction of sp³-hybridized carbons (Fsp3) is 0.333. The van der Waals surface area contributed by atoms with Crippen LogP contribution >= 0.6 is 11.6 Å². The fourth-order valence-corrected chi connectivity index (χ4v) is 3.98. The maximum Gasteiger partial charge on any atom is 0.355 e. The van der Waals surface area contributed by atoms with E-state index in [2.05, 4.69) is 4.74 Å². The summed E-state index contributed by atoms with van der Waals surface area (Å²) < 4.78 is 39.0. The second-order valence-corrected chi connectivity index (χ2v) is 7.44. The van der Waals surface area contributed by atoms with E-state index in [0.29, 0.717) is 0 Å². The monoisotopic (exact) mass is 389 g/mol. The maximum absolute atomic E-state index is 12.3. The molecule has 0 saturated carbocycles. The van der Waals surface area contributed by atoms with Crippen LogP contribution < -0.4 is 4.90 Å². The van der Waals surface area contributed by atoms with Crippen LogP contribution in [0.25, 0.3) is 0 Å². The van der Waals surface area contributed by atoms with Gasteiger partial charge in [-0.3, -0.25) is 0 Å². The quantitative estimate of drug-likeness (QED) is 0.707. The van der Waals surface area contributed by atoms with Crippen molar-refractivity contribution in [2.24, 2.45) is 0 Å². The second kappa shape index (κ2) is 7.42. The molecule has 0 atom stereocenters. The Bertz CT molecular complexity index is 847. The van der Waals surface area contributed by atoms with Gasteiger partial charge < -0.3 is 19.1 Å². The van der Waals surface area contributed by atoms with Gasteiger partial charge in [-0.15, -0.1) is 0 Å². The average Bonchev–Trinajstić information content (AvgIpc) is 2.58. The molecule has 1 heterocycles. The van der Waals surface area contributed by atoms with Gasteiger partial charge in [-0.25, -0.2) is 18.0 Å². The predicted molar refractivity (Wildman–Crippen MR) is 88.9 cm³/mol. The van der Waals surface area contributed by atoms with Crippen LogP contribution in [0.2, 0.25) is 5.02 Å². The van der Waals surface area contributed by atoms with E-state index in [9.17, 15) is 18.0 Å². The Labute approximate surface area is 149 Å². The summed E-state index contributed by atoms with van der Waals surface area (Å²) in [6, 6.07) is 4.39. The molecule has 0 saturated heterocycles. The highest BCUT2D eigenvalue weighted by atomic mass is 35.5. The number of anilines is 1. The SMILES string of the molecule is COC(=O)C1=C(C(=O)OC)N(c2cccc(Cl)c2S(C)(=O)=O)COC1. The number of benzene rings is 1. The normalized spacial score (nSPS) is 15.1. The Kier molecular flexibility index (Phi) is 5.71. The van der Waals surface area contributed by atoms with Gasteiger partial charge in [0.1, 0.15) is 17.3 Å². The van der Waals surface area contributed by atoms with Crippen molar-refractivity contribution in [2.45, 2.75) is 4.90 Å². The number of carbonyl (C=O) groups excluding carboxylic acids is 2. The van der Waals surface area contributed by atoms with Crippen molar-refractivity contribution >= 4 is 39.1 Å². The van der Waals surface area contributed by atoms with Gasteiger partial charge in [-0.1, -0.05) is 17.7 Å². The van der Waals surface area contributed by atoms with Crippen LogP contribution in [-0.2, 0) is 33.6 Å². The molecule has 10 heteroatoms. The van der Waals surface area contributed by atoms with E-state index in [1.165, 1.54) is 23.1 Å². The summed E-state index contributed by atoms with van der Waals surface area (Å²) in [6.45, 7) is -0.351. The van der Waals surface area contributed by atoms with Crippen LogP contribution in [0.4, 0.5) is 5.69 Å². The van der Waals surface area contributed by atoms with E-state index in [-0.39, 0.29) is 40.2 Å². The standard InChI is InChI=1S/C15H16ClNO7S/c1-22-14(18)9-7-24-8-17(12(9)15(19)23-2)11-6-4-5-10(16)13(11)25(3,20)21/h4-6H,7-8H2,1-3H3. The average molecular weight is 390 g/mol. The molecule has 0 amide bonds.